The Balaban J connectivity index is 1.00. The Morgan fingerprint density at radius 3 is 2.65 bits per heavy atom. The number of aromatic nitrogens is 4. The van der Waals surface area contributed by atoms with E-state index in [2.05, 4.69) is 61.7 Å². The van der Waals surface area contributed by atoms with Crippen molar-refractivity contribution < 1.29 is 4.74 Å². The molecule has 2 unspecified atom stereocenters. The van der Waals surface area contributed by atoms with E-state index in [0.717, 1.165) is 72.8 Å². The Morgan fingerprint density at radius 2 is 1.77 bits per heavy atom. The Bertz CT molecular complexity index is 1490. The molecule has 1 saturated carbocycles. The van der Waals surface area contributed by atoms with Gasteiger partial charge in [-0.25, -0.2) is 15.0 Å². The fourth-order valence-corrected chi connectivity index (χ4v) is 6.36. The van der Waals surface area contributed by atoms with E-state index in [1.807, 2.05) is 41.9 Å². The first-order valence-electron chi connectivity index (χ1n) is 14.3. The highest BCUT2D eigenvalue weighted by Gasteiger charge is 2.28. The Labute approximate surface area is 239 Å². The fraction of sp³-hybridized carbons (Fsp3) is 0.344. The molecule has 0 amide bonds. The van der Waals surface area contributed by atoms with E-state index < -0.39 is 0 Å². The molecule has 0 saturated heterocycles. The van der Waals surface area contributed by atoms with Crippen LogP contribution in [0.25, 0.3) is 21.6 Å². The third-order valence-corrected chi connectivity index (χ3v) is 8.51. The van der Waals surface area contributed by atoms with Crippen molar-refractivity contribution in [2.75, 3.05) is 26.2 Å². The molecule has 6 rings (SSSR count). The van der Waals surface area contributed by atoms with Gasteiger partial charge < -0.3 is 19.9 Å². The van der Waals surface area contributed by atoms with Gasteiger partial charge >= 0.3 is 0 Å². The van der Waals surface area contributed by atoms with Crippen molar-refractivity contribution in [3.05, 3.63) is 90.3 Å². The highest BCUT2D eigenvalue weighted by atomic mass is 32.1. The first-order chi connectivity index (χ1) is 19.8. The van der Waals surface area contributed by atoms with Crippen molar-refractivity contribution in [2.45, 2.75) is 38.1 Å². The maximum atomic E-state index is 5.96. The van der Waals surface area contributed by atoms with Crippen LogP contribution in [0.2, 0.25) is 0 Å². The van der Waals surface area contributed by atoms with Crippen LogP contribution < -0.4 is 15.4 Å². The zero-order valence-corrected chi connectivity index (χ0v) is 23.5. The molecular weight excluding hydrogens is 516 g/mol. The zero-order chi connectivity index (χ0) is 27.0. The molecule has 0 spiro atoms. The molecule has 5 aromatic rings. The second kappa shape index (κ2) is 13.2. The van der Waals surface area contributed by atoms with E-state index >= 15 is 0 Å². The molecule has 0 aliphatic heterocycles. The normalized spacial score (nSPS) is 17.0. The van der Waals surface area contributed by atoms with Gasteiger partial charge in [0.15, 0.2) is 0 Å². The Hall–Kier alpha value is -3.59. The molecule has 3 aromatic heterocycles. The SMILES string of the molecule is c1ccc(CCNCCCNCC2CCC(n3cc(-c4nc(Oc5ccccc5)cs4)c4cncnc43)C2)cc1. The van der Waals surface area contributed by atoms with E-state index in [0.29, 0.717) is 17.8 Å². The molecule has 40 heavy (non-hydrogen) atoms. The lowest BCUT2D eigenvalue weighted by atomic mass is 10.1. The number of benzene rings is 2. The zero-order valence-electron chi connectivity index (χ0n) is 22.7. The van der Waals surface area contributed by atoms with Crippen LogP contribution >= 0.6 is 11.3 Å². The van der Waals surface area contributed by atoms with Crippen LogP contribution in [0, 0.1) is 5.92 Å². The van der Waals surface area contributed by atoms with E-state index in [9.17, 15) is 0 Å². The van der Waals surface area contributed by atoms with Crippen LogP contribution in [0.4, 0.5) is 0 Å². The summed E-state index contributed by atoms with van der Waals surface area (Å²) in [6, 6.07) is 20.9. The standard InChI is InChI=1S/C32H36N6OS/c1-3-8-24(9-4-1)14-17-33-15-7-16-34-19-25-12-13-26(18-25)38-21-29(28-20-35-23-36-31(28)38)32-37-30(22-40-32)39-27-10-5-2-6-11-27/h1-6,8-11,20-23,25-26,33-34H,7,12-19H2. The number of fused-ring (bicyclic) bond motifs is 1. The van der Waals surface area contributed by atoms with Gasteiger partial charge in [0.2, 0.25) is 5.88 Å². The van der Waals surface area contributed by atoms with Gasteiger partial charge in [-0.3, -0.25) is 0 Å². The quantitative estimate of drug-likeness (QED) is 0.162. The number of thiazole rings is 1. The van der Waals surface area contributed by atoms with E-state index in [-0.39, 0.29) is 0 Å². The van der Waals surface area contributed by atoms with Crippen LogP contribution in [0.1, 0.15) is 37.3 Å². The number of nitrogens with one attached hydrogen (secondary N) is 2. The highest BCUT2D eigenvalue weighted by Crippen LogP contribution is 2.40. The molecule has 3 heterocycles. The monoisotopic (exact) mass is 552 g/mol. The van der Waals surface area contributed by atoms with Gasteiger partial charge in [-0.15, -0.1) is 11.3 Å². The van der Waals surface area contributed by atoms with Crippen LogP contribution in [-0.4, -0.2) is 45.7 Å². The summed E-state index contributed by atoms with van der Waals surface area (Å²) in [4.78, 5) is 13.8. The molecule has 1 aliphatic rings. The predicted molar refractivity (Wildman–Crippen MR) is 162 cm³/mol. The van der Waals surface area contributed by atoms with Crippen molar-refractivity contribution in [2.24, 2.45) is 5.92 Å². The van der Waals surface area contributed by atoms with Crippen LogP contribution in [0.5, 0.6) is 11.6 Å². The number of hydrogen-bond acceptors (Lipinski definition) is 7. The van der Waals surface area contributed by atoms with Crippen molar-refractivity contribution in [3.8, 4) is 22.2 Å². The third-order valence-electron chi connectivity index (χ3n) is 7.65. The summed E-state index contributed by atoms with van der Waals surface area (Å²) in [5, 5.41) is 11.2. The second-order valence-electron chi connectivity index (χ2n) is 10.5. The number of nitrogens with zero attached hydrogens (tertiary/aromatic N) is 4. The molecule has 0 radical (unpaired) electrons. The maximum absolute atomic E-state index is 5.96. The minimum atomic E-state index is 0.442. The number of rotatable bonds is 13. The van der Waals surface area contributed by atoms with Crippen LogP contribution in [0.3, 0.4) is 0 Å². The third kappa shape index (κ3) is 6.58. The fourth-order valence-electron chi connectivity index (χ4n) is 5.61. The van der Waals surface area contributed by atoms with Crippen molar-refractivity contribution in [1.29, 1.82) is 0 Å². The maximum Gasteiger partial charge on any atom is 0.230 e. The van der Waals surface area contributed by atoms with Crippen LogP contribution in [0.15, 0.2) is 84.8 Å². The molecule has 1 fully saturated rings. The van der Waals surface area contributed by atoms with E-state index in [1.165, 1.54) is 18.4 Å². The minimum Gasteiger partial charge on any atom is -0.438 e. The molecule has 2 N–H and O–H groups in total. The van der Waals surface area contributed by atoms with Crippen molar-refractivity contribution in [1.82, 2.24) is 30.2 Å². The topological polar surface area (TPSA) is 76.9 Å². The van der Waals surface area contributed by atoms with Gasteiger partial charge in [0.05, 0.1) is 5.38 Å². The lowest BCUT2D eigenvalue weighted by molar-refractivity contribution is 0.452. The second-order valence-corrected chi connectivity index (χ2v) is 11.4. The van der Waals surface area contributed by atoms with Gasteiger partial charge in [0.25, 0.3) is 0 Å². The van der Waals surface area contributed by atoms with Gasteiger partial charge in [0.1, 0.15) is 22.7 Å². The summed E-state index contributed by atoms with van der Waals surface area (Å²) in [5.41, 5.74) is 3.46. The Kier molecular flexibility index (Phi) is 8.77. The summed E-state index contributed by atoms with van der Waals surface area (Å²) in [5.74, 6) is 2.09. The summed E-state index contributed by atoms with van der Waals surface area (Å²) < 4.78 is 8.32. The summed E-state index contributed by atoms with van der Waals surface area (Å²) in [6.07, 6.45) is 11.6. The van der Waals surface area contributed by atoms with E-state index in [4.69, 9.17) is 9.72 Å². The van der Waals surface area contributed by atoms with Crippen molar-refractivity contribution >= 4 is 22.4 Å². The lowest BCUT2D eigenvalue weighted by Gasteiger charge is -2.15. The minimum absolute atomic E-state index is 0.442. The molecule has 7 nitrogen and oxygen atoms in total. The lowest BCUT2D eigenvalue weighted by Crippen LogP contribution is -2.26. The number of hydrogen-bond donors (Lipinski definition) is 2. The van der Waals surface area contributed by atoms with E-state index in [1.54, 1.807) is 17.7 Å². The van der Waals surface area contributed by atoms with Crippen molar-refractivity contribution in [3.63, 3.8) is 0 Å². The smallest absolute Gasteiger partial charge is 0.230 e. The first-order valence-corrected chi connectivity index (χ1v) is 15.2. The molecular formula is C32H36N6OS. The number of ether oxygens (including phenoxy) is 1. The molecule has 8 heteroatoms. The molecule has 2 aromatic carbocycles. The molecule has 0 bridgehead atoms. The summed E-state index contributed by atoms with van der Waals surface area (Å²) >= 11 is 1.59. The van der Waals surface area contributed by atoms with Gasteiger partial charge in [-0.2, -0.15) is 0 Å². The molecule has 1 aliphatic carbocycles. The highest BCUT2D eigenvalue weighted by molar-refractivity contribution is 7.13. The number of para-hydroxylation sites is 1. The molecule has 206 valence electrons. The summed E-state index contributed by atoms with van der Waals surface area (Å²) in [7, 11) is 0. The largest absolute Gasteiger partial charge is 0.438 e. The van der Waals surface area contributed by atoms with Gasteiger partial charge in [-0.05, 0) is 81.9 Å². The molecule has 2 atom stereocenters. The van der Waals surface area contributed by atoms with Gasteiger partial charge in [0, 0.05) is 29.4 Å². The Morgan fingerprint density at radius 1 is 0.950 bits per heavy atom. The first kappa shape index (κ1) is 26.6. The van der Waals surface area contributed by atoms with Gasteiger partial charge in [-0.1, -0.05) is 48.5 Å². The summed E-state index contributed by atoms with van der Waals surface area (Å²) in [6.45, 7) is 4.22. The predicted octanol–water partition coefficient (Wildman–Crippen LogP) is 6.50. The average Bonchev–Trinajstić information content (AvgIpc) is 3.74. The average molecular weight is 553 g/mol. The van der Waals surface area contributed by atoms with Crippen LogP contribution in [-0.2, 0) is 6.42 Å².